The van der Waals surface area contributed by atoms with Crippen molar-refractivity contribution in [2.45, 2.75) is 13.3 Å². The molecule has 0 aromatic carbocycles. The Bertz CT molecular complexity index is 406. The molecule has 1 aromatic rings. The molecule has 1 aromatic heterocycles. The lowest BCUT2D eigenvalue weighted by Gasteiger charge is -1.99. The molecule has 0 bridgehead atoms. The highest BCUT2D eigenvalue weighted by atomic mass is 35.5. The number of hydrogen-bond acceptors (Lipinski definition) is 4. The van der Waals surface area contributed by atoms with E-state index in [1.807, 2.05) is 6.08 Å². The second kappa shape index (κ2) is 6.07. The molecule has 0 saturated heterocycles. The SMILES string of the molecule is CC(=O)NCCC=Cc1cnc(Cl)nc1N. The average molecular weight is 241 g/mol. The maximum Gasteiger partial charge on any atom is 0.224 e. The van der Waals surface area contributed by atoms with Gasteiger partial charge in [0.15, 0.2) is 0 Å². The van der Waals surface area contributed by atoms with E-state index in [4.69, 9.17) is 17.3 Å². The third kappa shape index (κ3) is 4.27. The molecule has 1 amide bonds. The molecule has 0 fully saturated rings. The topological polar surface area (TPSA) is 80.9 Å². The molecule has 3 N–H and O–H groups in total. The van der Waals surface area contributed by atoms with Crippen molar-refractivity contribution >= 4 is 29.4 Å². The fourth-order valence-corrected chi connectivity index (χ4v) is 1.19. The van der Waals surface area contributed by atoms with Crippen molar-refractivity contribution in [3.8, 4) is 0 Å². The van der Waals surface area contributed by atoms with Crippen LogP contribution in [0.4, 0.5) is 5.82 Å². The number of halogens is 1. The van der Waals surface area contributed by atoms with Crippen LogP contribution in [0.15, 0.2) is 12.3 Å². The van der Waals surface area contributed by atoms with Gasteiger partial charge in [-0.2, -0.15) is 0 Å². The Hall–Kier alpha value is -1.62. The molecule has 0 saturated carbocycles. The van der Waals surface area contributed by atoms with E-state index in [0.717, 1.165) is 6.42 Å². The molecule has 16 heavy (non-hydrogen) atoms. The predicted octanol–water partition coefficient (Wildman–Crippen LogP) is 1.25. The molecule has 86 valence electrons. The van der Waals surface area contributed by atoms with E-state index in [-0.39, 0.29) is 11.2 Å². The van der Waals surface area contributed by atoms with Gasteiger partial charge in [0.2, 0.25) is 11.2 Å². The standard InChI is InChI=1S/C10H13ClN4O/c1-7(16)13-5-3-2-4-8-6-14-10(11)15-9(8)12/h2,4,6H,3,5H2,1H3,(H,13,16)(H2,12,14,15). The lowest BCUT2D eigenvalue weighted by atomic mass is 10.2. The van der Waals surface area contributed by atoms with Gasteiger partial charge in [-0.05, 0) is 18.0 Å². The van der Waals surface area contributed by atoms with E-state index in [1.165, 1.54) is 6.92 Å². The average Bonchev–Trinajstić information content (AvgIpc) is 2.20. The van der Waals surface area contributed by atoms with Crippen molar-refractivity contribution in [1.82, 2.24) is 15.3 Å². The second-order valence-electron chi connectivity index (χ2n) is 3.15. The summed E-state index contributed by atoms with van der Waals surface area (Å²) in [5.74, 6) is 0.304. The third-order valence-corrected chi connectivity index (χ3v) is 1.98. The van der Waals surface area contributed by atoms with Gasteiger partial charge >= 0.3 is 0 Å². The number of nitrogens with two attached hydrogens (primary N) is 1. The van der Waals surface area contributed by atoms with Gasteiger partial charge in [0.1, 0.15) is 5.82 Å². The molecule has 0 unspecified atom stereocenters. The minimum atomic E-state index is -0.0391. The molecule has 0 spiro atoms. The molecular formula is C10H13ClN4O. The summed E-state index contributed by atoms with van der Waals surface area (Å²) in [5, 5.41) is 2.81. The number of nitrogens with one attached hydrogen (secondary N) is 1. The van der Waals surface area contributed by atoms with E-state index in [2.05, 4.69) is 15.3 Å². The quantitative estimate of drug-likeness (QED) is 0.613. The first-order valence-corrected chi connectivity index (χ1v) is 5.16. The zero-order valence-corrected chi connectivity index (χ0v) is 9.66. The maximum atomic E-state index is 10.6. The lowest BCUT2D eigenvalue weighted by Crippen LogP contribution is -2.20. The normalized spacial score (nSPS) is 10.6. The Labute approximate surface area is 98.7 Å². The first-order valence-electron chi connectivity index (χ1n) is 4.78. The summed E-state index contributed by atoms with van der Waals surface area (Å²) < 4.78 is 0. The first kappa shape index (κ1) is 12.4. The number of carbonyl (C=O) groups excluding carboxylic acids is 1. The van der Waals surface area contributed by atoms with Crippen LogP contribution in [-0.4, -0.2) is 22.4 Å². The van der Waals surface area contributed by atoms with Crippen LogP contribution in [0.1, 0.15) is 18.9 Å². The van der Waals surface area contributed by atoms with Crippen LogP contribution < -0.4 is 11.1 Å². The van der Waals surface area contributed by atoms with E-state index in [1.54, 1.807) is 12.3 Å². The molecule has 1 heterocycles. The summed E-state index contributed by atoms with van der Waals surface area (Å²) in [5.41, 5.74) is 6.34. The largest absolute Gasteiger partial charge is 0.383 e. The second-order valence-corrected chi connectivity index (χ2v) is 3.49. The van der Waals surface area contributed by atoms with Gasteiger partial charge in [-0.3, -0.25) is 4.79 Å². The maximum absolute atomic E-state index is 10.6. The summed E-state index contributed by atoms with van der Waals surface area (Å²) in [6.07, 6.45) is 5.97. The van der Waals surface area contributed by atoms with Crippen molar-refractivity contribution in [3.63, 3.8) is 0 Å². The van der Waals surface area contributed by atoms with Crippen molar-refractivity contribution in [2.75, 3.05) is 12.3 Å². The first-order chi connectivity index (χ1) is 7.59. The van der Waals surface area contributed by atoms with Crippen molar-refractivity contribution in [2.24, 2.45) is 0 Å². The van der Waals surface area contributed by atoms with Crippen molar-refractivity contribution in [1.29, 1.82) is 0 Å². The zero-order chi connectivity index (χ0) is 12.0. The van der Waals surface area contributed by atoms with Crippen LogP contribution in [0, 0.1) is 0 Å². The molecule has 0 atom stereocenters. The van der Waals surface area contributed by atoms with Crippen LogP contribution in [0.5, 0.6) is 0 Å². The third-order valence-electron chi connectivity index (χ3n) is 1.80. The highest BCUT2D eigenvalue weighted by Crippen LogP contribution is 2.11. The Morgan fingerprint density at radius 2 is 2.44 bits per heavy atom. The van der Waals surface area contributed by atoms with Crippen molar-refractivity contribution < 1.29 is 4.79 Å². The number of carbonyl (C=O) groups is 1. The van der Waals surface area contributed by atoms with Crippen molar-refractivity contribution in [3.05, 3.63) is 23.1 Å². The summed E-state index contributed by atoms with van der Waals surface area (Å²) in [6, 6.07) is 0. The monoisotopic (exact) mass is 240 g/mol. The van der Waals surface area contributed by atoms with Gasteiger partial charge in [0.25, 0.3) is 0 Å². The van der Waals surface area contributed by atoms with E-state index in [9.17, 15) is 4.79 Å². The number of nitrogen functional groups attached to an aromatic ring is 1. The fourth-order valence-electron chi connectivity index (χ4n) is 1.05. The molecule has 0 aliphatic carbocycles. The summed E-state index contributed by atoms with van der Waals surface area (Å²) in [4.78, 5) is 18.2. The van der Waals surface area contributed by atoms with Gasteiger partial charge in [-0.25, -0.2) is 9.97 Å². The Balaban J connectivity index is 2.47. The number of amides is 1. The van der Waals surface area contributed by atoms with E-state index >= 15 is 0 Å². The van der Waals surface area contributed by atoms with Crippen LogP contribution in [0.2, 0.25) is 5.28 Å². The molecule has 0 radical (unpaired) electrons. The number of aromatic nitrogens is 2. The fraction of sp³-hybridized carbons (Fsp3) is 0.300. The van der Waals surface area contributed by atoms with Gasteiger partial charge in [-0.1, -0.05) is 12.2 Å². The summed E-state index contributed by atoms with van der Waals surface area (Å²) in [6.45, 7) is 2.08. The lowest BCUT2D eigenvalue weighted by molar-refractivity contribution is -0.118. The number of nitrogens with zero attached hydrogens (tertiary/aromatic N) is 2. The molecule has 1 rings (SSSR count). The number of hydrogen-bond donors (Lipinski definition) is 2. The molecule has 6 heteroatoms. The predicted molar refractivity (Wildman–Crippen MR) is 63.8 cm³/mol. The Morgan fingerprint density at radius 3 is 3.06 bits per heavy atom. The van der Waals surface area contributed by atoms with Crippen LogP contribution >= 0.6 is 11.6 Å². The van der Waals surface area contributed by atoms with Crippen LogP contribution in [-0.2, 0) is 4.79 Å². The smallest absolute Gasteiger partial charge is 0.224 e. The molecule has 0 aliphatic heterocycles. The molecular weight excluding hydrogens is 228 g/mol. The van der Waals surface area contributed by atoms with Gasteiger partial charge in [0.05, 0.1) is 0 Å². The molecule has 0 aliphatic rings. The van der Waals surface area contributed by atoms with E-state index < -0.39 is 0 Å². The number of anilines is 1. The molecule has 5 nitrogen and oxygen atoms in total. The minimum absolute atomic E-state index is 0.0391. The Kier molecular flexibility index (Phi) is 4.72. The zero-order valence-electron chi connectivity index (χ0n) is 8.90. The van der Waals surface area contributed by atoms with Crippen LogP contribution in [0.3, 0.4) is 0 Å². The summed E-state index contributed by atoms with van der Waals surface area (Å²) in [7, 11) is 0. The highest BCUT2D eigenvalue weighted by Gasteiger charge is 1.98. The van der Waals surface area contributed by atoms with Crippen LogP contribution in [0.25, 0.3) is 6.08 Å². The minimum Gasteiger partial charge on any atom is -0.383 e. The Morgan fingerprint density at radius 1 is 1.69 bits per heavy atom. The van der Waals surface area contributed by atoms with Gasteiger partial charge < -0.3 is 11.1 Å². The van der Waals surface area contributed by atoms with Gasteiger partial charge in [-0.15, -0.1) is 0 Å². The van der Waals surface area contributed by atoms with Gasteiger partial charge in [0, 0.05) is 25.2 Å². The number of rotatable bonds is 4. The highest BCUT2D eigenvalue weighted by molar-refractivity contribution is 6.28. The summed E-state index contributed by atoms with van der Waals surface area (Å²) >= 11 is 5.56. The van der Waals surface area contributed by atoms with E-state index in [0.29, 0.717) is 17.9 Å².